The maximum atomic E-state index is 12.2. The van der Waals surface area contributed by atoms with E-state index in [1.54, 1.807) is 13.8 Å². The summed E-state index contributed by atoms with van der Waals surface area (Å²) in [5.41, 5.74) is 2.31. The van der Waals surface area contributed by atoms with E-state index in [2.05, 4.69) is 0 Å². The van der Waals surface area contributed by atoms with Crippen molar-refractivity contribution in [3.8, 4) is 0 Å². The maximum Gasteiger partial charge on any atom is 0.257 e. The normalized spacial score (nSPS) is 18.3. The predicted octanol–water partition coefficient (Wildman–Crippen LogP) is 2.56. The Balaban J connectivity index is 1.70. The fourth-order valence-corrected chi connectivity index (χ4v) is 5.01. The van der Waals surface area contributed by atoms with Gasteiger partial charge in [0.1, 0.15) is 0 Å². The summed E-state index contributed by atoms with van der Waals surface area (Å²) >= 11 is 0. The highest BCUT2D eigenvalue weighted by Gasteiger charge is 2.35. The van der Waals surface area contributed by atoms with Gasteiger partial charge in [0.15, 0.2) is 0 Å². The van der Waals surface area contributed by atoms with Crippen LogP contribution in [-0.4, -0.2) is 58.0 Å². The van der Waals surface area contributed by atoms with Crippen LogP contribution in [0.15, 0.2) is 22.3 Å². The van der Waals surface area contributed by atoms with Gasteiger partial charge in [-0.2, -0.15) is 0 Å². The molecular weight excluding hydrogens is 372 g/mol. The molecule has 2 aliphatic rings. The molecule has 142 valence electrons. The van der Waals surface area contributed by atoms with E-state index in [9.17, 15) is 19.2 Å². The minimum absolute atomic E-state index is 0.178. The fourth-order valence-electron chi connectivity index (χ4n) is 3.11. The summed E-state index contributed by atoms with van der Waals surface area (Å²) in [6.07, 6.45) is 1.14. The third-order valence-corrected chi connectivity index (χ3v) is 7.00. The molecule has 6 nitrogen and oxygen atoms in total. The first-order chi connectivity index (χ1) is 12.3. The number of nitrogens with zero attached hydrogens (tertiary/aromatic N) is 2. The number of carbonyl (C=O) groups is 4. The fraction of sp³-hybridized carbons (Fsp3) is 0.556. The maximum absolute atomic E-state index is 12.2. The van der Waals surface area contributed by atoms with Gasteiger partial charge in [-0.05, 0) is 26.7 Å². The van der Waals surface area contributed by atoms with Crippen molar-refractivity contribution in [2.24, 2.45) is 0 Å². The van der Waals surface area contributed by atoms with Gasteiger partial charge in [-0.1, -0.05) is 35.4 Å². The number of imide groups is 2. The molecule has 26 heavy (non-hydrogen) atoms. The zero-order valence-electron chi connectivity index (χ0n) is 15.6. The van der Waals surface area contributed by atoms with Crippen molar-refractivity contribution in [1.29, 1.82) is 0 Å². The molecule has 0 atom stereocenters. The molecule has 0 aromatic rings. The molecular formula is C18H24N2O4S2. The zero-order valence-corrected chi connectivity index (χ0v) is 17.2. The van der Waals surface area contributed by atoms with Crippen molar-refractivity contribution in [3.05, 3.63) is 22.3 Å². The first kappa shape index (κ1) is 20.8. The van der Waals surface area contributed by atoms with Gasteiger partial charge in [-0.3, -0.25) is 29.0 Å². The number of hydrogen-bond acceptors (Lipinski definition) is 6. The van der Waals surface area contributed by atoms with Gasteiger partial charge in [-0.25, -0.2) is 0 Å². The molecule has 0 spiro atoms. The van der Waals surface area contributed by atoms with E-state index >= 15 is 0 Å². The first-order valence-electron chi connectivity index (χ1n) is 8.71. The molecule has 0 fully saturated rings. The SMILES string of the molecule is CCC1=C(C)C(=O)N(CCSSCCN2C(=O)C(C)=C(CC)C2=O)C1=O. The van der Waals surface area contributed by atoms with E-state index in [1.807, 2.05) is 13.8 Å². The molecule has 2 aliphatic heterocycles. The van der Waals surface area contributed by atoms with Gasteiger partial charge in [0.05, 0.1) is 0 Å². The molecule has 0 aromatic carbocycles. The van der Waals surface area contributed by atoms with E-state index < -0.39 is 0 Å². The van der Waals surface area contributed by atoms with Crippen LogP contribution < -0.4 is 0 Å². The van der Waals surface area contributed by atoms with Crippen LogP contribution in [0, 0.1) is 0 Å². The van der Waals surface area contributed by atoms with Crippen LogP contribution in [0.1, 0.15) is 40.5 Å². The van der Waals surface area contributed by atoms with Gasteiger partial charge >= 0.3 is 0 Å². The van der Waals surface area contributed by atoms with Gasteiger partial charge in [-0.15, -0.1) is 0 Å². The summed E-state index contributed by atoms with van der Waals surface area (Å²) < 4.78 is 0. The van der Waals surface area contributed by atoms with E-state index in [-0.39, 0.29) is 23.6 Å². The monoisotopic (exact) mass is 396 g/mol. The first-order valence-corrected chi connectivity index (χ1v) is 11.2. The molecule has 0 aliphatic carbocycles. The average molecular weight is 397 g/mol. The second kappa shape index (κ2) is 8.90. The Labute approximate surface area is 161 Å². The van der Waals surface area contributed by atoms with Crippen molar-refractivity contribution in [2.45, 2.75) is 40.5 Å². The second-order valence-electron chi connectivity index (χ2n) is 6.08. The summed E-state index contributed by atoms with van der Waals surface area (Å²) in [5.74, 6) is 0.487. The Hall–Kier alpha value is -1.54. The Morgan fingerprint density at radius 3 is 1.27 bits per heavy atom. The summed E-state index contributed by atoms with van der Waals surface area (Å²) in [5, 5.41) is 0. The Kier molecular flexibility index (Phi) is 7.11. The molecule has 0 bridgehead atoms. The van der Waals surface area contributed by atoms with Crippen LogP contribution in [0.5, 0.6) is 0 Å². The van der Waals surface area contributed by atoms with Crippen molar-refractivity contribution < 1.29 is 19.2 Å². The van der Waals surface area contributed by atoms with Crippen molar-refractivity contribution in [1.82, 2.24) is 9.80 Å². The van der Waals surface area contributed by atoms with E-state index in [0.29, 0.717) is 59.7 Å². The molecule has 4 amide bonds. The Morgan fingerprint density at radius 1 is 0.654 bits per heavy atom. The topological polar surface area (TPSA) is 74.8 Å². The number of rotatable bonds is 9. The average Bonchev–Trinajstić information content (AvgIpc) is 2.95. The third-order valence-electron chi connectivity index (χ3n) is 4.63. The van der Waals surface area contributed by atoms with Crippen LogP contribution >= 0.6 is 21.6 Å². The van der Waals surface area contributed by atoms with Crippen molar-refractivity contribution in [2.75, 3.05) is 24.6 Å². The van der Waals surface area contributed by atoms with Crippen LogP contribution in [0.4, 0.5) is 0 Å². The lowest BCUT2D eigenvalue weighted by Crippen LogP contribution is -2.34. The highest BCUT2D eigenvalue weighted by molar-refractivity contribution is 8.76. The zero-order chi connectivity index (χ0) is 19.4. The van der Waals surface area contributed by atoms with Crippen LogP contribution in [-0.2, 0) is 19.2 Å². The predicted molar refractivity (Wildman–Crippen MR) is 104 cm³/mol. The highest BCUT2D eigenvalue weighted by Crippen LogP contribution is 2.27. The summed E-state index contributed by atoms with van der Waals surface area (Å²) in [4.78, 5) is 51.1. The standard InChI is InChI=1S/C18H24N2O4S2/c1-5-13-11(3)15(21)19(17(13)23)7-9-25-26-10-8-20-16(22)12(4)14(6-2)18(20)24/h5-10H2,1-4H3. The van der Waals surface area contributed by atoms with E-state index in [4.69, 9.17) is 0 Å². The molecule has 2 heterocycles. The molecule has 0 N–H and O–H groups in total. The second-order valence-corrected chi connectivity index (χ2v) is 8.78. The largest absolute Gasteiger partial charge is 0.274 e. The smallest absolute Gasteiger partial charge is 0.257 e. The number of amides is 4. The minimum Gasteiger partial charge on any atom is -0.274 e. The van der Waals surface area contributed by atoms with E-state index in [1.165, 1.54) is 31.4 Å². The summed E-state index contributed by atoms with van der Waals surface area (Å²) in [7, 11) is 3.07. The van der Waals surface area contributed by atoms with Gasteiger partial charge in [0.2, 0.25) is 0 Å². The van der Waals surface area contributed by atoms with Crippen molar-refractivity contribution in [3.63, 3.8) is 0 Å². The lowest BCUT2D eigenvalue weighted by molar-refractivity contribution is -0.138. The van der Waals surface area contributed by atoms with Gasteiger partial charge in [0, 0.05) is 46.9 Å². The van der Waals surface area contributed by atoms with Crippen LogP contribution in [0.25, 0.3) is 0 Å². The van der Waals surface area contributed by atoms with Crippen molar-refractivity contribution >= 4 is 45.2 Å². The Morgan fingerprint density at radius 2 is 1.00 bits per heavy atom. The third kappa shape index (κ3) is 3.91. The lowest BCUT2D eigenvalue weighted by Gasteiger charge is -2.16. The number of hydrogen-bond donors (Lipinski definition) is 0. The summed E-state index contributed by atoms with van der Waals surface area (Å²) in [6.45, 7) is 7.90. The molecule has 0 saturated carbocycles. The molecule has 0 radical (unpaired) electrons. The summed E-state index contributed by atoms with van der Waals surface area (Å²) in [6, 6.07) is 0. The van der Waals surface area contributed by atoms with Crippen LogP contribution in [0.3, 0.4) is 0 Å². The minimum atomic E-state index is -0.195. The Bertz CT molecular complexity index is 652. The molecule has 8 heteroatoms. The molecule has 2 rings (SSSR count). The molecule has 0 aromatic heterocycles. The molecule has 0 unspecified atom stereocenters. The molecule has 0 saturated heterocycles. The lowest BCUT2D eigenvalue weighted by atomic mass is 10.1. The number of carbonyl (C=O) groups excluding carboxylic acids is 4. The van der Waals surface area contributed by atoms with Gasteiger partial charge < -0.3 is 0 Å². The highest BCUT2D eigenvalue weighted by atomic mass is 33.1. The van der Waals surface area contributed by atoms with Gasteiger partial charge in [0.25, 0.3) is 23.6 Å². The van der Waals surface area contributed by atoms with Crippen LogP contribution in [0.2, 0.25) is 0 Å². The van der Waals surface area contributed by atoms with E-state index in [0.717, 1.165) is 0 Å². The quantitative estimate of drug-likeness (QED) is 0.339.